The van der Waals surface area contributed by atoms with E-state index in [1.54, 1.807) is 0 Å². The number of hydrogen-bond acceptors (Lipinski definition) is 0. The Morgan fingerprint density at radius 1 is 1.25 bits per heavy atom. The predicted octanol–water partition coefficient (Wildman–Crippen LogP) is -1.19. The molecule has 0 bridgehead atoms. The molecule has 0 aliphatic carbocycles. The van der Waals surface area contributed by atoms with E-state index in [4.69, 9.17) is 0 Å². The van der Waals surface area contributed by atoms with Crippen LogP contribution in [0.2, 0.25) is 0 Å². The van der Waals surface area contributed by atoms with Gasteiger partial charge in [0.2, 0.25) is 0 Å². The molecule has 0 aliphatic rings. The molecule has 4 heavy (non-hydrogen) atoms. The summed E-state index contributed by atoms with van der Waals surface area (Å²) >= 11 is 2.09. The molecule has 0 rings (SSSR count). The van der Waals surface area contributed by atoms with Gasteiger partial charge in [-0.2, -0.15) is 0 Å². The zero-order chi connectivity index (χ0) is 2.00. The molecule has 0 heterocycles. The molecule has 0 radical (unpaired) electrons. The Hall–Kier alpha value is 2.28. The molecule has 0 unspecified atom stereocenters. The first-order valence-electron chi connectivity index (χ1n) is 0.408. The molecule has 27 valence electrons. The fourth-order valence-electron chi connectivity index (χ4n) is 0. The monoisotopic (exact) mass is 277 g/mol. The van der Waals surface area contributed by atoms with Gasteiger partial charge in [-0.05, 0) is 0 Å². The Labute approximate surface area is 69.1 Å². The van der Waals surface area contributed by atoms with Crippen molar-refractivity contribution >= 4 is 8.21 Å². The van der Waals surface area contributed by atoms with E-state index in [0.717, 1.165) is 0 Å². The largest absolute Gasteiger partial charge is 0 e. The fourth-order valence-corrected chi connectivity index (χ4v) is 0. The summed E-state index contributed by atoms with van der Waals surface area (Å²) in [4.78, 5) is 0. The quantitative estimate of drug-likeness (QED) is 0.488. The molecule has 0 saturated heterocycles. The maximum Gasteiger partial charge on any atom is 0 e. The summed E-state index contributed by atoms with van der Waals surface area (Å²) in [7, 11) is 1.32. The molecule has 0 saturated carbocycles. The second-order valence-electron chi connectivity index (χ2n) is 0. The van der Waals surface area contributed by atoms with Crippen LogP contribution in [0.3, 0.4) is 0 Å². The van der Waals surface area contributed by atoms with Crippen molar-refractivity contribution in [1.29, 1.82) is 0 Å². The molecule has 0 aliphatic heterocycles. The SMILES string of the molecule is [Ni].[SiH3][Mo].[Zr]. The molecule has 0 fully saturated rings. The molecular formula is H3MoNiSiZr. The smallest absolute Gasteiger partial charge is 0 e. The second-order valence-corrected chi connectivity index (χ2v) is 0. The second kappa shape index (κ2) is 18.6. The Bertz CT molecular complexity index is 8.00. The zero-order valence-corrected chi connectivity index (χ0v) is 9.68. The summed E-state index contributed by atoms with van der Waals surface area (Å²) in [5.74, 6) is 0. The minimum absolute atomic E-state index is 0. The number of rotatable bonds is 0. The van der Waals surface area contributed by atoms with Gasteiger partial charge >= 0.3 is 27.3 Å². The average molecular weight is 277 g/mol. The van der Waals surface area contributed by atoms with Gasteiger partial charge in [0.25, 0.3) is 0 Å². The van der Waals surface area contributed by atoms with Crippen LogP contribution in [0.5, 0.6) is 0 Å². The molecule has 0 N–H and O–H groups in total. The Morgan fingerprint density at radius 3 is 1.25 bits per heavy atom. The molecular weight excluding hydrogens is 274 g/mol. The average Bonchev–Trinajstić information content (AvgIpc) is 1.00. The van der Waals surface area contributed by atoms with Gasteiger partial charge in [0.1, 0.15) is 0 Å². The predicted molar refractivity (Wildman–Crippen MR) is 9.94 cm³/mol. The molecule has 0 atom stereocenters. The van der Waals surface area contributed by atoms with Crippen LogP contribution in [0.15, 0.2) is 0 Å². The standard InChI is InChI=1S/Mo.Ni.H3Si.Zr/h;;1H3;. The minimum Gasteiger partial charge on any atom is 0 e. The van der Waals surface area contributed by atoms with Gasteiger partial charge in [0.15, 0.2) is 0 Å². The van der Waals surface area contributed by atoms with E-state index in [-0.39, 0.29) is 42.7 Å². The normalized spacial score (nSPS) is 2.00. The van der Waals surface area contributed by atoms with Crippen LogP contribution in [0, 0.1) is 0 Å². The fraction of sp³-hybridized carbons (Fsp3) is 0. The van der Waals surface area contributed by atoms with Gasteiger partial charge in [-0.25, -0.2) is 0 Å². The van der Waals surface area contributed by atoms with Crippen LogP contribution in [-0.2, 0) is 61.8 Å². The summed E-state index contributed by atoms with van der Waals surface area (Å²) in [6.07, 6.45) is 0. The number of hydrogen-bond donors (Lipinski definition) is 0. The van der Waals surface area contributed by atoms with Gasteiger partial charge < -0.3 is 0 Å². The third-order valence-corrected chi connectivity index (χ3v) is 0. The van der Waals surface area contributed by atoms with Crippen molar-refractivity contribution < 1.29 is 61.8 Å². The van der Waals surface area contributed by atoms with E-state index < -0.39 is 0 Å². The van der Waals surface area contributed by atoms with Crippen molar-refractivity contribution in [1.82, 2.24) is 0 Å². The molecule has 0 aromatic rings. The molecule has 0 nitrogen and oxygen atoms in total. The van der Waals surface area contributed by atoms with E-state index in [0.29, 0.717) is 0 Å². The van der Waals surface area contributed by atoms with Crippen molar-refractivity contribution in [2.45, 2.75) is 0 Å². The van der Waals surface area contributed by atoms with Crippen molar-refractivity contribution in [3.05, 3.63) is 0 Å². The van der Waals surface area contributed by atoms with Crippen LogP contribution in [0.4, 0.5) is 0 Å². The van der Waals surface area contributed by atoms with Gasteiger partial charge in [-0.15, -0.1) is 0 Å². The van der Waals surface area contributed by atoms with Crippen molar-refractivity contribution in [2.24, 2.45) is 0 Å². The summed E-state index contributed by atoms with van der Waals surface area (Å²) in [5.41, 5.74) is 0. The molecule has 0 amide bonds. The topological polar surface area (TPSA) is 0 Å². The molecule has 0 spiro atoms. The van der Waals surface area contributed by atoms with Gasteiger partial charge in [0.05, 0.1) is 0 Å². The summed E-state index contributed by atoms with van der Waals surface area (Å²) < 4.78 is 0. The van der Waals surface area contributed by atoms with Crippen LogP contribution >= 0.6 is 0 Å². The van der Waals surface area contributed by atoms with Gasteiger partial charge in [-0.3, -0.25) is 0 Å². The Kier molecular flexibility index (Phi) is 75.7. The maximum absolute atomic E-state index is 2.09. The van der Waals surface area contributed by atoms with E-state index in [9.17, 15) is 0 Å². The zero-order valence-electron chi connectivity index (χ0n) is 2.22. The van der Waals surface area contributed by atoms with E-state index >= 15 is 0 Å². The van der Waals surface area contributed by atoms with Crippen molar-refractivity contribution in [3.8, 4) is 0 Å². The Morgan fingerprint density at radius 2 is 1.25 bits per heavy atom. The van der Waals surface area contributed by atoms with Crippen LogP contribution in [0.25, 0.3) is 0 Å². The summed E-state index contributed by atoms with van der Waals surface area (Å²) in [5, 5.41) is 0. The van der Waals surface area contributed by atoms with Crippen LogP contribution in [0.1, 0.15) is 0 Å². The van der Waals surface area contributed by atoms with Crippen LogP contribution < -0.4 is 0 Å². The minimum atomic E-state index is 0. The molecule has 0 aromatic heterocycles. The summed E-state index contributed by atoms with van der Waals surface area (Å²) in [6, 6.07) is 0. The van der Waals surface area contributed by atoms with Gasteiger partial charge in [0, 0.05) is 42.7 Å². The van der Waals surface area contributed by atoms with E-state index in [2.05, 4.69) is 19.1 Å². The van der Waals surface area contributed by atoms with E-state index in [1.165, 1.54) is 8.21 Å². The van der Waals surface area contributed by atoms with Gasteiger partial charge in [-0.1, -0.05) is 0 Å². The first-order chi connectivity index (χ1) is 1.00. The summed E-state index contributed by atoms with van der Waals surface area (Å²) in [6.45, 7) is 0. The van der Waals surface area contributed by atoms with Crippen molar-refractivity contribution in [3.63, 3.8) is 0 Å². The molecule has 0 aromatic carbocycles. The van der Waals surface area contributed by atoms with Crippen LogP contribution in [-0.4, -0.2) is 8.21 Å². The van der Waals surface area contributed by atoms with Crippen molar-refractivity contribution in [2.75, 3.05) is 0 Å². The first-order valence-corrected chi connectivity index (χ1v) is 7.25. The third kappa shape index (κ3) is 8.86. The molecule has 4 heteroatoms. The first kappa shape index (κ1) is 16.3. The van der Waals surface area contributed by atoms with E-state index in [1.807, 2.05) is 0 Å². The maximum atomic E-state index is 2.09. The third-order valence-electron chi connectivity index (χ3n) is 0. The Balaban J connectivity index is -0.00000000500.